The second-order valence-corrected chi connectivity index (χ2v) is 3.94. The van der Waals surface area contributed by atoms with Gasteiger partial charge in [-0.3, -0.25) is 0 Å². The van der Waals surface area contributed by atoms with Gasteiger partial charge in [0, 0.05) is 20.1 Å². The number of nitrogen functional groups attached to an aromatic ring is 1. The molecule has 6 nitrogen and oxygen atoms in total. The Morgan fingerprint density at radius 3 is 2.56 bits per heavy atom. The van der Waals surface area contributed by atoms with E-state index in [1.165, 1.54) is 6.33 Å². The highest BCUT2D eigenvalue weighted by atomic mass is 15.5. The van der Waals surface area contributed by atoms with Crippen LogP contribution in [0.15, 0.2) is 6.33 Å². The topological polar surface area (TPSA) is 79.1 Å². The number of hydrogen-bond donors (Lipinski definition) is 3. The Balaban J connectivity index is 2.86. The van der Waals surface area contributed by atoms with Crippen LogP contribution in [0.3, 0.4) is 0 Å². The molecule has 0 spiro atoms. The fourth-order valence-corrected chi connectivity index (χ4v) is 1.15. The Morgan fingerprint density at radius 1 is 1.38 bits per heavy atom. The van der Waals surface area contributed by atoms with Gasteiger partial charge in [0.1, 0.15) is 12.0 Å². The summed E-state index contributed by atoms with van der Waals surface area (Å²) in [4.78, 5) is 8.21. The molecule has 4 N–H and O–H groups in total. The first kappa shape index (κ1) is 12.5. The van der Waals surface area contributed by atoms with Crippen molar-refractivity contribution in [1.29, 1.82) is 0 Å². The first-order chi connectivity index (χ1) is 7.54. The number of anilines is 3. The van der Waals surface area contributed by atoms with E-state index < -0.39 is 0 Å². The van der Waals surface area contributed by atoms with Crippen LogP contribution in [0, 0.1) is 0 Å². The second kappa shape index (κ2) is 5.50. The van der Waals surface area contributed by atoms with Gasteiger partial charge in [-0.25, -0.2) is 15.0 Å². The Labute approximate surface area is 96.2 Å². The number of aromatic nitrogens is 2. The summed E-state index contributed by atoms with van der Waals surface area (Å²) in [6.45, 7) is 4.19. The molecule has 1 rings (SSSR count). The number of hydrogen-bond acceptors (Lipinski definition) is 6. The maximum absolute atomic E-state index is 5.96. The third-order valence-corrected chi connectivity index (χ3v) is 2.21. The summed E-state index contributed by atoms with van der Waals surface area (Å²) >= 11 is 0. The van der Waals surface area contributed by atoms with E-state index in [2.05, 4.69) is 34.6 Å². The zero-order valence-corrected chi connectivity index (χ0v) is 10.3. The van der Waals surface area contributed by atoms with Gasteiger partial charge in [0.25, 0.3) is 0 Å². The van der Waals surface area contributed by atoms with Crippen LogP contribution in [0.2, 0.25) is 0 Å². The minimum absolute atomic E-state index is 0.337. The van der Waals surface area contributed by atoms with E-state index in [1.807, 2.05) is 14.1 Å². The van der Waals surface area contributed by atoms with Crippen molar-refractivity contribution in [3.63, 3.8) is 0 Å². The van der Waals surface area contributed by atoms with Gasteiger partial charge in [-0.15, -0.1) is 0 Å². The summed E-state index contributed by atoms with van der Waals surface area (Å²) in [5.74, 6) is 1.29. The lowest BCUT2D eigenvalue weighted by Gasteiger charge is -2.18. The van der Waals surface area contributed by atoms with Gasteiger partial charge in [0.2, 0.25) is 0 Å². The molecule has 0 bridgehead atoms. The Kier molecular flexibility index (Phi) is 4.30. The van der Waals surface area contributed by atoms with E-state index in [4.69, 9.17) is 5.73 Å². The molecule has 0 fully saturated rings. The molecule has 1 heterocycles. The van der Waals surface area contributed by atoms with Crippen LogP contribution in [-0.2, 0) is 0 Å². The van der Waals surface area contributed by atoms with Gasteiger partial charge >= 0.3 is 0 Å². The highest BCUT2D eigenvalue weighted by molar-refractivity contribution is 5.73. The molecule has 1 atom stereocenters. The lowest BCUT2D eigenvalue weighted by Crippen LogP contribution is -2.23. The summed E-state index contributed by atoms with van der Waals surface area (Å²) in [6, 6.07) is 0.337. The SMILES string of the molecule is CCC(C)Nc1ncnc(NN(C)C)c1N. The number of nitrogens with zero attached hydrogens (tertiary/aromatic N) is 3. The zero-order valence-electron chi connectivity index (χ0n) is 10.3. The van der Waals surface area contributed by atoms with Crippen LogP contribution in [0.4, 0.5) is 17.3 Å². The molecule has 0 saturated heterocycles. The quantitative estimate of drug-likeness (QED) is 0.651. The van der Waals surface area contributed by atoms with Crippen molar-refractivity contribution >= 4 is 17.3 Å². The van der Waals surface area contributed by atoms with E-state index >= 15 is 0 Å². The van der Waals surface area contributed by atoms with Crippen molar-refractivity contribution in [3.05, 3.63) is 6.33 Å². The lowest BCUT2D eigenvalue weighted by atomic mass is 10.2. The van der Waals surface area contributed by atoms with Gasteiger partial charge in [-0.2, -0.15) is 0 Å². The van der Waals surface area contributed by atoms with Gasteiger partial charge < -0.3 is 16.5 Å². The average molecular weight is 224 g/mol. The molecule has 0 aliphatic carbocycles. The highest BCUT2D eigenvalue weighted by Gasteiger charge is 2.09. The fraction of sp³-hybridized carbons (Fsp3) is 0.600. The molecule has 0 saturated carbocycles. The zero-order chi connectivity index (χ0) is 12.1. The Morgan fingerprint density at radius 2 is 2.00 bits per heavy atom. The third kappa shape index (κ3) is 3.23. The Hall–Kier alpha value is -1.56. The van der Waals surface area contributed by atoms with Gasteiger partial charge in [-0.1, -0.05) is 6.92 Å². The highest BCUT2D eigenvalue weighted by Crippen LogP contribution is 2.23. The van der Waals surface area contributed by atoms with Crippen molar-refractivity contribution in [2.24, 2.45) is 0 Å². The molecule has 0 radical (unpaired) electrons. The smallest absolute Gasteiger partial charge is 0.169 e. The first-order valence-corrected chi connectivity index (χ1v) is 5.35. The molecule has 1 aromatic heterocycles. The number of nitrogens with two attached hydrogens (primary N) is 1. The monoisotopic (exact) mass is 224 g/mol. The molecule has 16 heavy (non-hydrogen) atoms. The van der Waals surface area contributed by atoms with Crippen LogP contribution >= 0.6 is 0 Å². The summed E-state index contributed by atoms with van der Waals surface area (Å²) in [7, 11) is 3.76. The largest absolute Gasteiger partial charge is 0.393 e. The molecule has 0 amide bonds. The van der Waals surface area contributed by atoms with Crippen molar-refractivity contribution < 1.29 is 0 Å². The van der Waals surface area contributed by atoms with Crippen LogP contribution in [-0.4, -0.2) is 35.1 Å². The Bertz CT molecular complexity index is 338. The first-order valence-electron chi connectivity index (χ1n) is 5.35. The predicted octanol–water partition coefficient (Wildman–Crippen LogP) is 1.16. The molecule has 90 valence electrons. The average Bonchev–Trinajstić information content (AvgIpc) is 2.23. The molecule has 0 aromatic carbocycles. The van der Waals surface area contributed by atoms with Gasteiger partial charge in [0.15, 0.2) is 11.6 Å². The second-order valence-electron chi connectivity index (χ2n) is 3.94. The number of nitrogens with one attached hydrogen (secondary N) is 2. The minimum atomic E-state index is 0.337. The number of rotatable bonds is 5. The standard InChI is InChI=1S/C10H20N6/c1-5-7(2)14-9-8(11)10(13-6-12-9)15-16(3)4/h6-7H,5,11H2,1-4H3,(H2,12,13,14,15). The van der Waals surface area contributed by atoms with Gasteiger partial charge in [0.05, 0.1) is 0 Å². The normalized spacial score (nSPS) is 12.6. The van der Waals surface area contributed by atoms with Crippen molar-refractivity contribution in [2.75, 3.05) is 30.6 Å². The van der Waals surface area contributed by atoms with Crippen molar-refractivity contribution in [2.45, 2.75) is 26.3 Å². The van der Waals surface area contributed by atoms with Crippen LogP contribution in [0.25, 0.3) is 0 Å². The van der Waals surface area contributed by atoms with Crippen molar-refractivity contribution in [1.82, 2.24) is 15.0 Å². The summed E-state index contributed by atoms with van der Waals surface area (Å²) in [5.41, 5.74) is 9.52. The van der Waals surface area contributed by atoms with Crippen molar-refractivity contribution in [3.8, 4) is 0 Å². The summed E-state index contributed by atoms with van der Waals surface area (Å²) in [5, 5.41) is 5.02. The number of hydrazine groups is 1. The van der Waals surface area contributed by atoms with E-state index in [9.17, 15) is 0 Å². The minimum Gasteiger partial charge on any atom is -0.393 e. The maximum Gasteiger partial charge on any atom is 0.169 e. The molecule has 6 heteroatoms. The summed E-state index contributed by atoms with van der Waals surface area (Å²) < 4.78 is 0. The molecule has 0 aliphatic heterocycles. The van der Waals surface area contributed by atoms with E-state index in [0.29, 0.717) is 23.4 Å². The van der Waals surface area contributed by atoms with Crippen LogP contribution < -0.4 is 16.5 Å². The van der Waals surface area contributed by atoms with E-state index in [1.54, 1.807) is 5.01 Å². The maximum atomic E-state index is 5.96. The van der Waals surface area contributed by atoms with Crippen LogP contribution in [0.1, 0.15) is 20.3 Å². The molecule has 1 aromatic rings. The van der Waals surface area contributed by atoms with E-state index in [-0.39, 0.29) is 0 Å². The van der Waals surface area contributed by atoms with Gasteiger partial charge in [-0.05, 0) is 13.3 Å². The predicted molar refractivity (Wildman–Crippen MR) is 67.1 cm³/mol. The molecule has 0 aliphatic rings. The molecular formula is C10H20N6. The van der Waals surface area contributed by atoms with Crippen LogP contribution in [0.5, 0.6) is 0 Å². The lowest BCUT2D eigenvalue weighted by molar-refractivity contribution is 0.492. The van der Waals surface area contributed by atoms with E-state index in [0.717, 1.165) is 6.42 Å². The fourth-order valence-electron chi connectivity index (χ4n) is 1.15. The summed E-state index contributed by atoms with van der Waals surface area (Å²) in [6.07, 6.45) is 2.51. The molecule has 1 unspecified atom stereocenters. The third-order valence-electron chi connectivity index (χ3n) is 2.21. The molecular weight excluding hydrogens is 204 g/mol.